The predicted octanol–water partition coefficient (Wildman–Crippen LogP) is 6.85. The summed E-state index contributed by atoms with van der Waals surface area (Å²) in [6.45, 7) is 8.06. The summed E-state index contributed by atoms with van der Waals surface area (Å²) in [4.78, 5) is 14.5. The third-order valence-corrected chi connectivity index (χ3v) is 4.98. The van der Waals surface area contributed by atoms with Gasteiger partial charge in [-0.05, 0) is 50.1 Å². The molecule has 0 spiro atoms. The first-order chi connectivity index (χ1) is 13.0. The Morgan fingerprint density at radius 2 is 1.39 bits per heavy atom. The van der Waals surface area contributed by atoms with Crippen molar-refractivity contribution in [3.05, 3.63) is 46.8 Å². The molecule has 0 atom stereocenters. The van der Waals surface area contributed by atoms with Crippen LogP contribution in [0.1, 0.15) is 42.4 Å². The molecular formula is C18H18Cl6N4. The minimum atomic E-state index is -1.88. The van der Waals surface area contributed by atoms with Gasteiger partial charge in [0, 0.05) is 18.8 Å². The first kappa shape index (κ1) is 23.8. The Morgan fingerprint density at radius 3 is 1.86 bits per heavy atom. The van der Waals surface area contributed by atoms with Crippen molar-refractivity contribution < 1.29 is 0 Å². The van der Waals surface area contributed by atoms with Gasteiger partial charge in [0.1, 0.15) is 0 Å². The molecule has 1 aromatic heterocycles. The van der Waals surface area contributed by atoms with Crippen LogP contribution in [0, 0.1) is 6.92 Å². The number of hydrogen-bond donors (Lipinski definition) is 0. The molecule has 28 heavy (non-hydrogen) atoms. The van der Waals surface area contributed by atoms with Crippen LogP contribution >= 0.6 is 69.6 Å². The van der Waals surface area contributed by atoms with Gasteiger partial charge < -0.3 is 4.90 Å². The van der Waals surface area contributed by atoms with Gasteiger partial charge >= 0.3 is 0 Å². The molecule has 0 aliphatic carbocycles. The summed E-state index contributed by atoms with van der Waals surface area (Å²) >= 11 is 35.4. The van der Waals surface area contributed by atoms with Gasteiger partial charge in [0.25, 0.3) is 0 Å². The summed E-state index contributed by atoms with van der Waals surface area (Å²) in [6, 6.07) is 6.23. The van der Waals surface area contributed by atoms with Gasteiger partial charge in [0.15, 0.2) is 17.5 Å². The van der Waals surface area contributed by atoms with Gasteiger partial charge in [0.05, 0.1) is 0 Å². The van der Waals surface area contributed by atoms with E-state index in [9.17, 15) is 0 Å². The molecule has 0 aliphatic rings. The number of halogens is 6. The number of anilines is 1. The van der Waals surface area contributed by atoms with Gasteiger partial charge in [-0.2, -0.15) is 0 Å². The molecule has 0 bridgehead atoms. The van der Waals surface area contributed by atoms with Crippen molar-refractivity contribution in [2.75, 3.05) is 18.0 Å². The fourth-order valence-corrected chi connectivity index (χ4v) is 2.98. The number of nitrogens with zero attached hydrogens (tertiary/aromatic N) is 4. The molecule has 0 saturated carbocycles. The van der Waals surface area contributed by atoms with Crippen molar-refractivity contribution in [3.8, 4) is 0 Å². The van der Waals surface area contributed by atoms with Crippen LogP contribution in [0.15, 0.2) is 18.2 Å². The summed E-state index contributed by atoms with van der Waals surface area (Å²) in [6.07, 6.45) is 3.53. The molecular weight excluding hydrogens is 485 g/mol. The van der Waals surface area contributed by atoms with Gasteiger partial charge in [-0.15, -0.1) is 0 Å². The lowest BCUT2D eigenvalue weighted by Gasteiger charge is -2.21. The van der Waals surface area contributed by atoms with Crippen LogP contribution in [0.3, 0.4) is 0 Å². The Labute approximate surface area is 194 Å². The van der Waals surface area contributed by atoms with E-state index in [1.807, 2.05) is 13.0 Å². The molecule has 0 amide bonds. The van der Waals surface area contributed by atoms with Crippen molar-refractivity contribution >= 4 is 87.4 Å². The van der Waals surface area contributed by atoms with Gasteiger partial charge in [0.2, 0.25) is 7.59 Å². The number of aromatic nitrogens is 3. The SMILES string of the molecule is CCN(CC)c1ccc(C)c(C=Cc2nc(C(Cl)(Cl)Cl)nc(C(Cl)(Cl)Cl)n2)c1. The molecule has 4 nitrogen and oxygen atoms in total. The second kappa shape index (κ2) is 9.55. The van der Waals surface area contributed by atoms with Gasteiger partial charge in [-0.1, -0.05) is 81.7 Å². The van der Waals surface area contributed by atoms with Crippen molar-refractivity contribution in [1.29, 1.82) is 0 Å². The second-order valence-corrected chi connectivity index (χ2v) is 10.4. The van der Waals surface area contributed by atoms with Crippen LogP contribution in [0.5, 0.6) is 0 Å². The summed E-state index contributed by atoms with van der Waals surface area (Å²) in [5.41, 5.74) is 3.20. The molecule has 0 unspecified atom stereocenters. The van der Waals surface area contributed by atoms with Crippen molar-refractivity contribution in [2.24, 2.45) is 0 Å². The van der Waals surface area contributed by atoms with E-state index >= 15 is 0 Å². The van der Waals surface area contributed by atoms with E-state index in [0.29, 0.717) is 0 Å². The maximum Gasteiger partial charge on any atom is 0.250 e. The van der Waals surface area contributed by atoms with Crippen LogP contribution in [-0.2, 0) is 7.59 Å². The Hall–Kier alpha value is -0.490. The van der Waals surface area contributed by atoms with Crippen molar-refractivity contribution in [3.63, 3.8) is 0 Å². The fourth-order valence-electron chi connectivity index (χ4n) is 2.48. The highest BCUT2D eigenvalue weighted by Crippen LogP contribution is 2.40. The molecule has 0 radical (unpaired) electrons. The van der Waals surface area contributed by atoms with Gasteiger partial charge in [-0.25, -0.2) is 15.0 Å². The largest absolute Gasteiger partial charge is 0.372 e. The topological polar surface area (TPSA) is 41.9 Å². The molecule has 0 N–H and O–H groups in total. The Morgan fingerprint density at radius 1 is 0.857 bits per heavy atom. The zero-order valence-corrected chi connectivity index (χ0v) is 19.9. The number of alkyl halides is 6. The Balaban J connectivity index is 2.47. The number of hydrogen-bond acceptors (Lipinski definition) is 4. The summed E-state index contributed by atoms with van der Waals surface area (Å²) < 4.78 is -3.76. The fraction of sp³-hybridized carbons (Fsp3) is 0.389. The van der Waals surface area contributed by atoms with Crippen LogP contribution in [0.4, 0.5) is 5.69 Å². The van der Waals surface area contributed by atoms with E-state index < -0.39 is 7.59 Å². The quantitative estimate of drug-likeness (QED) is 0.419. The molecule has 1 aromatic carbocycles. The monoisotopic (exact) mass is 500 g/mol. The predicted molar refractivity (Wildman–Crippen MR) is 122 cm³/mol. The van der Waals surface area contributed by atoms with E-state index in [4.69, 9.17) is 69.6 Å². The molecule has 2 rings (SSSR count). The summed E-state index contributed by atoms with van der Waals surface area (Å²) in [5.74, 6) is -0.0329. The lowest BCUT2D eigenvalue weighted by Crippen LogP contribution is -2.21. The van der Waals surface area contributed by atoms with E-state index in [1.54, 1.807) is 6.08 Å². The molecule has 0 aliphatic heterocycles. The van der Waals surface area contributed by atoms with Crippen LogP contribution in [0.25, 0.3) is 12.2 Å². The average Bonchev–Trinajstić information content (AvgIpc) is 2.61. The summed E-state index contributed by atoms with van der Waals surface area (Å²) in [7, 11) is 0. The highest BCUT2D eigenvalue weighted by molar-refractivity contribution is 6.67. The minimum absolute atomic E-state index is 0.123. The van der Waals surface area contributed by atoms with Crippen LogP contribution in [0.2, 0.25) is 0 Å². The van der Waals surface area contributed by atoms with Gasteiger partial charge in [-0.3, -0.25) is 0 Å². The summed E-state index contributed by atoms with van der Waals surface area (Å²) in [5, 5.41) is 0. The molecule has 152 valence electrons. The zero-order chi connectivity index (χ0) is 21.1. The standard InChI is InChI=1S/C18H18Cl6N4/c1-4-28(5-2)13-8-6-11(3)12(10-13)7-9-14-25-15(17(19,20)21)27-16(26-14)18(22,23)24/h6-10H,4-5H2,1-3H3. The minimum Gasteiger partial charge on any atom is -0.372 e. The lowest BCUT2D eigenvalue weighted by atomic mass is 10.1. The molecule has 0 fully saturated rings. The van der Waals surface area contributed by atoms with Crippen LogP contribution in [-0.4, -0.2) is 28.0 Å². The van der Waals surface area contributed by atoms with E-state index in [2.05, 4.69) is 51.9 Å². The maximum absolute atomic E-state index is 5.90. The second-order valence-electron chi connectivity index (χ2n) is 5.88. The molecule has 1 heterocycles. The maximum atomic E-state index is 5.90. The van der Waals surface area contributed by atoms with Crippen molar-refractivity contribution in [1.82, 2.24) is 15.0 Å². The Bertz CT molecular complexity index is 822. The molecule has 2 aromatic rings. The smallest absolute Gasteiger partial charge is 0.250 e. The highest BCUT2D eigenvalue weighted by atomic mass is 35.6. The third kappa shape index (κ3) is 6.25. The third-order valence-electron chi connectivity index (χ3n) is 3.96. The van der Waals surface area contributed by atoms with Crippen LogP contribution < -0.4 is 4.90 Å². The van der Waals surface area contributed by atoms with E-state index in [1.165, 1.54) is 0 Å². The van der Waals surface area contributed by atoms with E-state index in [-0.39, 0.29) is 17.5 Å². The highest BCUT2D eigenvalue weighted by Gasteiger charge is 2.33. The molecule has 0 saturated heterocycles. The average molecular weight is 503 g/mol. The zero-order valence-electron chi connectivity index (χ0n) is 15.4. The first-order valence-corrected chi connectivity index (χ1v) is 10.7. The number of aryl methyl sites for hydroxylation is 1. The normalized spacial score (nSPS) is 12.6. The van der Waals surface area contributed by atoms with Crippen molar-refractivity contribution in [2.45, 2.75) is 28.4 Å². The Kier molecular flexibility index (Phi) is 8.11. The molecule has 10 heteroatoms. The first-order valence-electron chi connectivity index (χ1n) is 8.39. The number of benzene rings is 1. The number of rotatable bonds is 5. The van der Waals surface area contributed by atoms with E-state index in [0.717, 1.165) is 29.9 Å². The lowest BCUT2D eigenvalue weighted by molar-refractivity contribution is 0.835.